The maximum Gasteiger partial charge on any atom is 0.123 e. The van der Waals surface area contributed by atoms with Crippen LogP contribution in [0.2, 0.25) is 0 Å². The van der Waals surface area contributed by atoms with E-state index in [9.17, 15) is 9.50 Å². The first kappa shape index (κ1) is 15.9. The summed E-state index contributed by atoms with van der Waals surface area (Å²) in [6.07, 6.45) is 0.278. The quantitative estimate of drug-likeness (QED) is 0.825. The Kier molecular flexibility index (Phi) is 6.25. The Labute approximate surface area is 115 Å². The normalized spacial score (nSPS) is 14.2. The average molecular weight is 269 g/mol. The third-order valence-electron chi connectivity index (χ3n) is 3.41. The SMILES string of the molecule is CCC(C)N(CCOC)c1ccc(F)cc1C(C)O. The van der Waals surface area contributed by atoms with Crippen LogP contribution in [0.5, 0.6) is 0 Å². The van der Waals surface area contributed by atoms with E-state index in [2.05, 4.69) is 18.7 Å². The van der Waals surface area contributed by atoms with Gasteiger partial charge in [-0.15, -0.1) is 0 Å². The smallest absolute Gasteiger partial charge is 0.123 e. The zero-order chi connectivity index (χ0) is 14.4. The molecule has 19 heavy (non-hydrogen) atoms. The van der Waals surface area contributed by atoms with Crippen molar-refractivity contribution in [2.75, 3.05) is 25.2 Å². The van der Waals surface area contributed by atoms with E-state index in [1.807, 2.05) is 0 Å². The fourth-order valence-corrected chi connectivity index (χ4v) is 2.11. The summed E-state index contributed by atoms with van der Waals surface area (Å²) in [4.78, 5) is 2.16. The number of aliphatic hydroxyl groups is 1. The molecular weight excluding hydrogens is 245 g/mol. The largest absolute Gasteiger partial charge is 0.389 e. The third-order valence-corrected chi connectivity index (χ3v) is 3.41. The van der Waals surface area contributed by atoms with Crippen molar-refractivity contribution in [2.45, 2.75) is 39.3 Å². The van der Waals surface area contributed by atoms with Crippen molar-refractivity contribution in [2.24, 2.45) is 0 Å². The zero-order valence-electron chi connectivity index (χ0n) is 12.2. The highest BCUT2D eigenvalue weighted by Crippen LogP contribution is 2.29. The van der Waals surface area contributed by atoms with Crippen LogP contribution in [-0.4, -0.2) is 31.4 Å². The minimum Gasteiger partial charge on any atom is -0.389 e. The van der Waals surface area contributed by atoms with Crippen LogP contribution in [0, 0.1) is 5.82 Å². The number of anilines is 1. The maximum atomic E-state index is 13.4. The molecule has 2 unspecified atom stereocenters. The molecule has 1 rings (SSSR count). The van der Waals surface area contributed by atoms with Crippen LogP contribution in [0.25, 0.3) is 0 Å². The summed E-state index contributed by atoms with van der Waals surface area (Å²) in [6.45, 7) is 7.20. The second-order valence-corrected chi connectivity index (χ2v) is 4.82. The van der Waals surface area contributed by atoms with E-state index >= 15 is 0 Å². The van der Waals surface area contributed by atoms with E-state index in [0.29, 0.717) is 18.2 Å². The van der Waals surface area contributed by atoms with Gasteiger partial charge in [0.25, 0.3) is 0 Å². The first-order chi connectivity index (χ1) is 9.01. The van der Waals surface area contributed by atoms with Gasteiger partial charge in [-0.25, -0.2) is 4.39 Å². The fraction of sp³-hybridized carbons (Fsp3) is 0.600. The average Bonchev–Trinajstić information content (AvgIpc) is 2.39. The lowest BCUT2D eigenvalue weighted by atomic mass is 10.0. The van der Waals surface area contributed by atoms with Gasteiger partial charge in [-0.05, 0) is 38.5 Å². The van der Waals surface area contributed by atoms with Crippen LogP contribution in [0.15, 0.2) is 18.2 Å². The van der Waals surface area contributed by atoms with Crippen LogP contribution in [-0.2, 0) is 4.74 Å². The molecule has 0 amide bonds. The molecule has 2 atom stereocenters. The molecule has 3 nitrogen and oxygen atoms in total. The number of ether oxygens (including phenoxy) is 1. The van der Waals surface area contributed by atoms with Crippen molar-refractivity contribution >= 4 is 5.69 Å². The summed E-state index contributed by atoms with van der Waals surface area (Å²) in [5.41, 5.74) is 1.50. The zero-order valence-corrected chi connectivity index (χ0v) is 12.2. The van der Waals surface area contributed by atoms with Gasteiger partial charge in [0.05, 0.1) is 12.7 Å². The third kappa shape index (κ3) is 4.18. The second-order valence-electron chi connectivity index (χ2n) is 4.82. The first-order valence-corrected chi connectivity index (χ1v) is 6.74. The van der Waals surface area contributed by atoms with E-state index < -0.39 is 6.10 Å². The summed E-state index contributed by atoms with van der Waals surface area (Å²) in [5.74, 6) is -0.324. The Hall–Kier alpha value is -1.13. The first-order valence-electron chi connectivity index (χ1n) is 6.74. The summed E-state index contributed by atoms with van der Waals surface area (Å²) >= 11 is 0. The minimum absolute atomic E-state index is 0.304. The molecule has 4 heteroatoms. The summed E-state index contributed by atoms with van der Waals surface area (Å²) in [6, 6.07) is 4.88. The van der Waals surface area contributed by atoms with Crippen LogP contribution < -0.4 is 4.90 Å². The number of nitrogens with zero attached hydrogens (tertiary/aromatic N) is 1. The molecule has 1 aromatic rings. The predicted octanol–water partition coefficient (Wildman–Crippen LogP) is 3.13. The molecule has 0 radical (unpaired) electrons. The lowest BCUT2D eigenvalue weighted by Gasteiger charge is -2.33. The van der Waals surface area contributed by atoms with Crippen LogP contribution in [0.3, 0.4) is 0 Å². The highest BCUT2D eigenvalue weighted by atomic mass is 19.1. The van der Waals surface area contributed by atoms with Crippen LogP contribution in [0.4, 0.5) is 10.1 Å². The molecule has 1 aromatic carbocycles. The van der Waals surface area contributed by atoms with E-state index in [1.54, 1.807) is 20.1 Å². The number of rotatable bonds is 7. The van der Waals surface area contributed by atoms with Crippen LogP contribution >= 0.6 is 0 Å². The van der Waals surface area contributed by atoms with Crippen molar-refractivity contribution in [3.8, 4) is 0 Å². The van der Waals surface area contributed by atoms with E-state index in [0.717, 1.165) is 18.7 Å². The van der Waals surface area contributed by atoms with Gasteiger partial charge in [-0.1, -0.05) is 6.92 Å². The lowest BCUT2D eigenvalue weighted by Crippen LogP contribution is -2.36. The van der Waals surface area contributed by atoms with Crippen molar-refractivity contribution in [3.63, 3.8) is 0 Å². The summed E-state index contributed by atoms with van der Waals surface area (Å²) in [7, 11) is 1.66. The van der Waals surface area contributed by atoms with Crippen molar-refractivity contribution in [1.29, 1.82) is 0 Å². The Balaban J connectivity index is 3.13. The van der Waals surface area contributed by atoms with Gasteiger partial charge in [-0.3, -0.25) is 0 Å². The minimum atomic E-state index is -0.695. The maximum absolute atomic E-state index is 13.4. The molecule has 0 aliphatic carbocycles. The number of hydrogen-bond donors (Lipinski definition) is 1. The fourth-order valence-electron chi connectivity index (χ4n) is 2.11. The van der Waals surface area contributed by atoms with E-state index in [1.165, 1.54) is 12.1 Å². The summed E-state index contributed by atoms with van der Waals surface area (Å²) in [5, 5.41) is 9.83. The molecule has 0 bridgehead atoms. The molecule has 0 aliphatic rings. The molecule has 0 heterocycles. The predicted molar refractivity (Wildman–Crippen MR) is 76.0 cm³/mol. The van der Waals surface area contributed by atoms with Crippen molar-refractivity contribution < 1.29 is 14.2 Å². The monoisotopic (exact) mass is 269 g/mol. The molecule has 1 N–H and O–H groups in total. The topological polar surface area (TPSA) is 32.7 Å². The lowest BCUT2D eigenvalue weighted by molar-refractivity contribution is 0.196. The highest BCUT2D eigenvalue weighted by molar-refractivity contribution is 5.55. The standard InChI is InChI=1S/C15H24FNO2/c1-5-11(2)17(8-9-19-4)15-7-6-13(16)10-14(15)12(3)18/h6-7,10-12,18H,5,8-9H2,1-4H3. The number of aliphatic hydroxyl groups excluding tert-OH is 1. The number of halogens is 1. The van der Waals surface area contributed by atoms with Gasteiger partial charge in [0.1, 0.15) is 5.82 Å². The number of hydrogen-bond acceptors (Lipinski definition) is 3. The van der Waals surface area contributed by atoms with Crippen LogP contribution in [0.1, 0.15) is 38.9 Å². The number of methoxy groups -OCH3 is 1. The van der Waals surface area contributed by atoms with Gasteiger partial charge < -0.3 is 14.7 Å². The Bertz CT molecular complexity index is 396. The molecule has 0 spiro atoms. The molecule has 0 aromatic heterocycles. The van der Waals surface area contributed by atoms with Crippen molar-refractivity contribution in [3.05, 3.63) is 29.6 Å². The van der Waals surface area contributed by atoms with E-state index in [-0.39, 0.29) is 5.82 Å². The van der Waals surface area contributed by atoms with Gasteiger partial charge in [0, 0.05) is 30.9 Å². The van der Waals surface area contributed by atoms with E-state index in [4.69, 9.17) is 4.74 Å². The molecular formula is C15H24FNO2. The molecule has 0 saturated heterocycles. The molecule has 108 valence electrons. The molecule has 0 aliphatic heterocycles. The number of benzene rings is 1. The van der Waals surface area contributed by atoms with Gasteiger partial charge in [0.2, 0.25) is 0 Å². The van der Waals surface area contributed by atoms with Gasteiger partial charge in [-0.2, -0.15) is 0 Å². The molecule has 0 saturated carbocycles. The second kappa shape index (κ2) is 7.46. The Morgan fingerprint density at radius 3 is 2.58 bits per heavy atom. The highest BCUT2D eigenvalue weighted by Gasteiger charge is 2.18. The Morgan fingerprint density at radius 1 is 1.37 bits per heavy atom. The molecule has 0 fully saturated rings. The summed E-state index contributed by atoms with van der Waals surface area (Å²) < 4.78 is 18.5. The van der Waals surface area contributed by atoms with Crippen molar-refractivity contribution in [1.82, 2.24) is 0 Å². The van der Waals surface area contributed by atoms with Gasteiger partial charge >= 0.3 is 0 Å². The van der Waals surface area contributed by atoms with Gasteiger partial charge in [0.15, 0.2) is 0 Å². The Morgan fingerprint density at radius 2 is 2.05 bits per heavy atom.